The molecule has 5 heteroatoms. The van der Waals surface area contributed by atoms with E-state index < -0.39 is 0 Å². The van der Waals surface area contributed by atoms with Gasteiger partial charge in [0, 0.05) is 25.3 Å². The summed E-state index contributed by atoms with van der Waals surface area (Å²) in [7, 11) is 1.89. The number of aliphatic hydroxyl groups excluding tert-OH is 1. The third-order valence-electron chi connectivity index (χ3n) is 2.89. The molecule has 0 amide bonds. The number of aryl methyl sites for hydroxylation is 1. The number of hydrogen-bond donors (Lipinski definition) is 2. The zero-order valence-corrected chi connectivity index (χ0v) is 11.2. The molecule has 2 aromatic rings. The maximum absolute atomic E-state index is 8.94. The average molecular weight is 258 g/mol. The highest BCUT2D eigenvalue weighted by Crippen LogP contribution is 2.20. The van der Waals surface area contributed by atoms with E-state index in [1.54, 1.807) is 0 Å². The predicted molar refractivity (Wildman–Crippen MR) is 76.8 cm³/mol. The van der Waals surface area contributed by atoms with E-state index in [4.69, 9.17) is 5.11 Å². The first-order chi connectivity index (χ1) is 9.20. The average Bonchev–Trinajstić information content (AvgIpc) is 2.42. The third kappa shape index (κ3) is 3.42. The Morgan fingerprint density at radius 3 is 2.79 bits per heavy atom. The summed E-state index contributed by atoms with van der Waals surface area (Å²) in [6, 6.07) is 9.90. The highest BCUT2D eigenvalue weighted by molar-refractivity contribution is 5.62. The van der Waals surface area contributed by atoms with Gasteiger partial charge in [-0.3, -0.25) is 0 Å². The van der Waals surface area contributed by atoms with Crippen LogP contribution in [-0.2, 0) is 0 Å². The molecule has 2 N–H and O–H groups in total. The topological polar surface area (TPSA) is 61.3 Å². The fraction of sp³-hybridized carbons (Fsp3) is 0.286. The van der Waals surface area contributed by atoms with Crippen LogP contribution in [0.1, 0.15) is 5.56 Å². The van der Waals surface area contributed by atoms with Crippen molar-refractivity contribution >= 4 is 17.3 Å². The van der Waals surface area contributed by atoms with Crippen molar-refractivity contribution in [3.63, 3.8) is 0 Å². The summed E-state index contributed by atoms with van der Waals surface area (Å²) in [6.07, 6.45) is 1.52. The van der Waals surface area contributed by atoms with Gasteiger partial charge in [-0.15, -0.1) is 0 Å². The lowest BCUT2D eigenvalue weighted by atomic mass is 10.2. The van der Waals surface area contributed by atoms with Crippen molar-refractivity contribution in [1.29, 1.82) is 0 Å². The number of nitrogens with one attached hydrogen (secondary N) is 1. The van der Waals surface area contributed by atoms with E-state index in [0.717, 1.165) is 22.9 Å². The van der Waals surface area contributed by atoms with Gasteiger partial charge in [-0.2, -0.15) is 0 Å². The molecule has 0 aliphatic heterocycles. The van der Waals surface area contributed by atoms with Gasteiger partial charge in [0.1, 0.15) is 18.0 Å². The Morgan fingerprint density at radius 1 is 1.26 bits per heavy atom. The summed E-state index contributed by atoms with van der Waals surface area (Å²) < 4.78 is 0. The lowest BCUT2D eigenvalue weighted by Crippen LogP contribution is -2.22. The van der Waals surface area contributed by atoms with Crippen LogP contribution < -0.4 is 10.2 Å². The second-order valence-corrected chi connectivity index (χ2v) is 4.35. The number of aliphatic hydroxyl groups is 1. The van der Waals surface area contributed by atoms with Crippen LogP contribution in [0.25, 0.3) is 0 Å². The van der Waals surface area contributed by atoms with Crippen molar-refractivity contribution in [1.82, 2.24) is 9.97 Å². The van der Waals surface area contributed by atoms with Gasteiger partial charge in [0.05, 0.1) is 6.61 Å². The molecule has 0 radical (unpaired) electrons. The maximum Gasteiger partial charge on any atom is 0.135 e. The standard InChI is InChI=1S/C14H18N4O/c1-11-5-3-4-6-12(11)17-13-9-14(16-10-15-13)18(2)7-8-19/h3-6,9-10,19H,7-8H2,1-2H3,(H,15,16,17). The molecule has 19 heavy (non-hydrogen) atoms. The number of para-hydroxylation sites is 1. The quantitative estimate of drug-likeness (QED) is 0.858. The van der Waals surface area contributed by atoms with Gasteiger partial charge >= 0.3 is 0 Å². The van der Waals surface area contributed by atoms with Crippen molar-refractivity contribution in [2.45, 2.75) is 6.92 Å². The van der Waals surface area contributed by atoms with Crippen LogP contribution in [0.15, 0.2) is 36.7 Å². The van der Waals surface area contributed by atoms with E-state index in [1.807, 2.05) is 49.2 Å². The van der Waals surface area contributed by atoms with Gasteiger partial charge in [0.25, 0.3) is 0 Å². The maximum atomic E-state index is 8.94. The van der Waals surface area contributed by atoms with E-state index in [-0.39, 0.29) is 6.61 Å². The molecular formula is C14H18N4O. The monoisotopic (exact) mass is 258 g/mol. The molecule has 0 fully saturated rings. The van der Waals surface area contributed by atoms with E-state index in [1.165, 1.54) is 6.33 Å². The summed E-state index contributed by atoms with van der Waals surface area (Å²) in [4.78, 5) is 10.3. The summed E-state index contributed by atoms with van der Waals surface area (Å²) in [5.74, 6) is 1.52. The Labute approximate surface area is 112 Å². The Balaban J connectivity index is 2.18. The molecule has 1 heterocycles. The number of rotatable bonds is 5. The van der Waals surface area contributed by atoms with Crippen molar-refractivity contribution in [3.05, 3.63) is 42.2 Å². The van der Waals surface area contributed by atoms with Crippen LogP contribution in [0, 0.1) is 6.92 Å². The minimum atomic E-state index is 0.0983. The molecule has 0 saturated carbocycles. The molecule has 0 saturated heterocycles. The van der Waals surface area contributed by atoms with Crippen molar-refractivity contribution in [3.8, 4) is 0 Å². The molecule has 0 aliphatic rings. The highest BCUT2D eigenvalue weighted by Gasteiger charge is 2.04. The second-order valence-electron chi connectivity index (χ2n) is 4.35. The minimum Gasteiger partial charge on any atom is -0.395 e. The summed E-state index contributed by atoms with van der Waals surface area (Å²) in [5.41, 5.74) is 2.18. The summed E-state index contributed by atoms with van der Waals surface area (Å²) in [6.45, 7) is 2.68. The van der Waals surface area contributed by atoms with Gasteiger partial charge in [-0.05, 0) is 18.6 Å². The van der Waals surface area contributed by atoms with E-state index >= 15 is 0 Å². The zero-order chi connectivity index (χ0) is 13.7. The predicted octanol–water partition coefficient (Wildman–Crippen LogP) is 1.96. The number of hydrogen-bond acceptors (Lipinski definition) is 5. The van der Waals surface area contributed by atoms with Crippen LogP contribution in [-0.4, -0.2) is 35.3 Å². The van der Waals surface area contributed by atoms with Crippen LogP contribution in [0.5, 0.6) is 0 Å². The van der Waals surface area contributed by atoms with Crippen LogP contribution in [0.2, 0.25) is 0 Å². The third-order valence-corrected chi connectivity index (χ3v) is 2.89. The van der Waals surface area contributed by atoms with Crippen molar-refractivity contribution < 1.29 is 5.11 Å². The first kappa shape index (κ1) is 13.3. The van der Waals surface area contributed by atoms with E-state index in [9.17, 15) is 0 Å². The number of likely N-dealkylation sites (N-methyl/N-ethyl adjacent to an activating group) is 1. The number of nitrogens with zero attached hydrogens (tertiary/aromatic N) is 3. The largest absolute Gasteiger partial charge is 0.395 e. The molecule has 1 aromatic heterocycles. The van der Waals surface area contributed by atoms with Gasteiger partial charge in [-0.25, -0.2) is 9.97 Å². The lowest BCUT2D eigenvalue weighted by Gasteiger charge is -2.17. The first-order valence-electron chi connectivity index (χ1n) is 6.17. The molecule has 5 nitrogen and oxygen atoms in total. The van der Waals surface area contributed by atoms with Gasteiger partial charge in [-0.1, -0.05) is 18.2 Å². The van der Waals surface area contributed by atoms with Crippen molar-refractivity contribution in [2.24, 2.45) is 0 Å². The Hall–Kier alpha value is -2.14. The summed E-state index contributed by atoms with van der Waals surface area (Å²) >= 11 is 0. The highest BCUT2D eigenvalue weighted by atomic mass is 16.3. The Morgan fingerprint density at radius 2 is 2.05 bits per heavy atom. The van der Waals surface area contributed by atoms with Crippen LogP contribution >= 0.6 is 0 Å². The van der Waals surface area contributed by atoms with E-state index in [2.05, 4.69) is 15.3 Å². The van der Waals surface area contributed by atoms with Crippen LogP contribution in [0.3, 0.4) is 0 Å². The number of benzene rings is 1. The molecule has 0 bridgehead atoms. The molecule has 2 rings (SSSR count). The normalized spacial score (nSPS) is 10.3. The Kier molecular flexibility index (Phi) is 4.30. The fourth-order valence-corrected chi connectivity index (χ4v) is 1.74. The molecule has 0 atom stereocenters. The molecule has 0 aliphatic carbocycles. The van der Waals surface area contributed by atoms with Gasteiger partial charge < -0.3 is 15.3 Å². The zero-order valence-electron chi connectivity index (χ0n) is 11.2. The second kappa shape index (κ2) is 6.15. The SMILES string of the molecule is Cc1ccccc1Nc1cc(N(C)CCO)ncn1. The molecule has 1 aromatic carbocycles. The number of aromatic nitrogens is 2. The molecule has 0 spiro atoms. The van der Waals surface area contributed by atoms with E-state index in [0.29, 0.717) is 6.54 Å². The van der Waals surface area contributed by atoms with Crippen LogP contribution in [0.4, 0.5) is 17.3 Å². The molecule has 0 unspecified atom stereocenters. The fourth-order valence-electron chi connectivity index (χ4n) is 1.74. The Bertz CT molecular complexity index is 544. The van der Waals surface area contributed by atoms with Crippen molar-refractivity contribution in [2.75, 3.05) is 30.4 Å². The minimum absolute atomic E-state index is 0.0983. The number of anilines is 3. The van der Waals surface area contributed by atoms with Gasteiger partial charge in [0.2, 0.25) is 0 Å². The smallest absolute Gasteiger partial charge is 0.135 e. The summed E-state index contributed by atoms with van der Waals surface area (Å²) in [5, 5.41) is 12.2. The molecule has 100 valence electrons. The first-order valence-corrected chi connectivity index (χ1v) is 6.17. The van der Waals surface area contributed by atoms with Gasteiger partial charge in [0.15, 0.2) is 0 Å². The lowest BCUT2D eigenvalue weighted by molar-refractivity contribution is 0.304. The molecular weight excluding hydrogens is 240 g/mol.